The third-order valence-corrected chi connectivity index (χ3v) is 4.42. The number of anilines is 1. The SMILES string of the molecule is Cc1c(CS(C)=O)cccc1NC(=O)[C@@H](N)Cc1ccccc1. The molecular weight excluding hydrogens is 308 g/mol. The number of nitrogens with two attached hydrogens (primary N) is 1. The Morgan fingerprint density at radius 2 is 1.87 bits per heavy atom. The van der Waals surface area contributed by atoms with Crippen molar-refractivity contribution in [2.75, 3.05) is 11.6 Å². The number of carbonyl (C=O) groups is 1. The average molecular weight is 330 g/mol. The van der Waals surface area contributed by atoms with Crippen molar-refractivity contribution in [1.82, 2.24) is 0 Å². The van der Waals surface area contributed by atoms with E-state index >= 15 is 0 Å². The van der Waals surface area contributed by atoms with Gasteiger partial charge in [-0.3, -0.25) is 9.00 Å². The fourth-order valence-corrected chi connectivity index (χ4v) is 3.13. The van der Waals surface area contributed by atoms with Crippen LogP contribution in [0.2, 0.25) is 0 Å². The van der Waals surface area contributed by atoms with Gasteiger partial charge in [-0.1, -0.05) is 42.5 Å². The molecule has 0 spiro atoms. The Morgan fingerprint density at radius 3 is 2.52 bits per heavy atom. The summed E-state index contributed by atoms with van der Waals surface area (Å²) >= 11 is 0. The molecule has 0 fully saturated rings. The van der Waals surface area contributed by atoms with Crippen LogP contribution in [0.1, 0.15) is 16.7 Å². The Kier molecular flexibility index (Phi) is 6.07. The molecule has 4 nitrogen and oxygen atoms in total. The number of rotatable bonds is 6. The number of carbonyl (C=O) groups excluding carboxylic acids is 1. The zero-order valence-electron chi connectivity index (χ0n) is 13.4. The Labute approximate surface area is 139 Å². The first-order chi connectivity index (χ1) is 11.0. The third kappa shape index (κ3) is 5.01. The molecule has 2 atom stereocenters. The van der Waals surface area contributed by atoms with Crippen LogP contribution in [0.5, 0.6) is 0 Å². The minimum absolute atomic E-state index is 0.216. The molecular formula is C18H22N2O2S. The van der Waals surface area contributed by atoms with E-state index in [1.807, 2.05) is 55.5 Å². The molecule has 0 saturated heterocycles. The van der Waals surface area contributed by atoms with Crippen LogP contribution in [0.4, 0.5) is 5.69 Å². The summed E-state index contributed by atoms with van der Waals surface area (Å²) in [5, 5.41) is 2.88. The second kappa shape index (κ2) is 8.04. The molecule has 0 saturated carbocycles. The molecule has 2 aromatic rings. The highest BCUT2D eigenvalue weighted by Crippen LogP contribution is 2.20. The third-order valence-electron chi connectivity index (χ3n) is 3.70. The summed E-state index contributed by atoms with van der Waals surface area (Å²) in [6, 6.07) is 14.7. The van der Waals surface area contributed by atoms with E-state index in [9.17, 15) is 9.00 Å². The van der Waals surface area contributed by atoms with Gasteiger partial charge < -0.3 is 11.1 Å². The van der Waals surface area contributed by atoms with E-state index in [0.29, 0.717) is 12.2 Å². The Balaban J connectivity index is 2.06. The quantitative estimate of drug-likeness (QED) is 0.854. The van der Waals surface area contributed by atoms with E-state index in [-0.39, 0.29) is 5.91 Å². The summed E-state index contributed by atoms with van der Waals surface area (Å²) in [5.74, 6) is 0.262. The van der Waals surface area contributed by atoms with Crippen molar-refractivity contribution in [2.24, 2.45) is 5.73 Å². The number of nitrogens with one attached hydrogen (secondary N) is 1. The summed E-state index contributed by atoms with van der Waals surface area (Å²) in [4.78, 5) is 12.3. The Bertz CT molecular complexity index is 701. The van der Waals surface area contributed by atoms with Crippen molar-refractivity contribution < 1.29 is 9.00 Å². The van der Waals surface area contributed by atoms with Gasteiger partial charge in [0.15, 0.2) is 0 Å². The van der Waals surface area contributed by atoms with Gasteiger partial charge in [-0.2, -0.15) is 0 Å². The zero-order valence-corrected chi connectivity index (χ0v) is 14.2. The van der Waals surface area contributed by atoms with Crippen molar-refractivity contribution in [3.8, 4) is 0 Å². The molecule has 23 heavy (non-hydrogen) atoms. The van der Waals surface area contributed by atoms with Gasteiger partial charge in [-0.25, -0.2) is 0 Å². The number of hydrogen-bond donors (Lipinski definition) is 2. The Hall–Kier alpha value is -1.98. The highest BCUT2D eigenvalue weighted by molar-refractivity contribution is 7.83. The molecule has 1 unspecified atom stereocenters. The molecule has 0 aliphatic heterocycles. The predicted octanol–water partition coefficient (Wildman–Crippen LogP) is 2.38. The molecule has 2 rings (SSSR count). The lowest BCUT2D eigenvalue weighted by Crippen LogP contribution is -2.37. The van der Waals surface area contributed by atoms with Crippen molar-refractivity contribution >= 4 is 22.4 Å². The van der Waals surface area contributed by atoms with Crippen molar-refractivity contribution in [1.29, 1.82) is 0 Å². The van der Waals surface area contributed by atoms with Gasteiger partial charge in [-0.05, 0) is 36.1 Å². The molecule has 0 radical (unpaired) electrons. The van der Waals surface area contributed by atoms with Gasteiger partial charge in [0.1, 0.15) is 0 Å². The maximum Gasteiger partial charge on any atom is 0.241 e. The normalized spacial score (nSPS) is 13.3. The van der Waals surface area contributed by atoms with Gasteiger partial charge in [0.25, 0.3) is 0 Å². The summed E-state index contributed by atoms with van der Waals surface area (Å²) in [6.45, 7) is 1.92. The van der Waals surface area contributed by atoms with E-state index in [1.165, 1.54) is 0 Å². The fraction of sp³-hybridized carbons (Fsp3) is 0.278. The second-order valence-corrected chi connectivity index (χ2v) is 7.03. The molecule has 0 aliphatic carbocycles. The topological polar surface area (TPSA) is 72.2 Å². The van der Waals surface area contributed by atoms with E-state index in [4.69, 9.17) is 5.73 Å². The van der Waals surface area contributed by atoms with Crippen LogP contribution in [0.25, 0.3) is 0 Å². The average Bonchev–Trinajstić information content (AvgIpc) is 2.51. The van der Waals surface area contributed by atoms with Crippen LogP contribution >= 0.6 is 0 Å². The van der Waals surface area contributed by atoms with Crippen LogP contribution < -0.4 is 11.1 Å². The van der Waals surface area contributed by atoms with E-state index in [2.05, 4.69) is 5.32 Å². The zero-order chi connectivity index (χ0) is 16.8. The molecule has 3 N–H and O–H groups in total. The summed E-state index contributed by atoms with van der Waals surface area (Å²) < 4.78 is 11.4. The molecule has 2 aromatic carbocycles. The predicted molar refractivity (Wildman–Crippen MR) is 95.7 cm³/mol. The van der Waals surface area contributed by atoms with Crippen molar-refractivity contribution in [2.45, 2.75) is 25.1 Å². The van der Waals surface area contributed by atoms with Gasteiger partial charge in [0.05, 0.1) is 6.04 Å². The standard InChI is InChI=1S/C18H22N2O2S/c1-13-15(12-23(2)22)9-6-10-17(13)20-18(21)16(19)11-14-7-4-3-5-8-14/h3-10,16H,11-12,19H2,1-2H3,(H,20,21)/t16-,23?/m0/s1. The van der Waals surface area contributed by atoms with Crippen molar-refractivity contribution in [3.63, 3.8) is 0 Å². The largest absolute Gasteiger partial charge is 0.324 e. The van der Waals surface area contributed by atoms with Gasteiger partial charge in [-0.15, -0.1) is 0 Å². The number of hydrogen-bond acceptors (Lipinski definition) is 3. The number of amides is 1. The molecule has 0 bridgehead atoms. The highest BCUT2D eigenvalue weighted by Gasteiger charge is 2.16. The minimum Gasteiger partial charge on any atom is -0.324 e. The molecule has 5 heteroatoms. The van der Waals surface area contributed by atoms with Crippen LogP contribution in [-0.4, -0.2) is 22.4 Å². The number of benzene rings is 2. The van der Waals surface area contributed by atoms with Crippen LogP contribution in [-0.2, 0) is 27.8 Å². The Morgan fingerprint density at radius 1 is 1.17 bits per heavy atom. The smallest absolute Gasteiger partial charge is 0.241 e. The van der Waals surface area contributed by atoms with Crippen LogP contribution in [0.15, 0.2) is 48.5 Å². The van der Waals surface area contributed by atoms with E-state index in [0.717, 1.165) is 22.4 Å². The minimum atomic E-state index is -0.920. The van der Waals surface area contributed by atoms with E-state index in [1.54, 1.807) is 6.26 Å². The summed E-state index contributed by atoms with van der Waals surface area (Å²) in [5.41, 5.74) is 9.66. The molecule has 0 aromatic heterocycles. The first-order valence-electron chi connectivity index (χ1n) is 7.46. The lowest BCUT2D eigenvalue weighted by atomic mass is 10.0. The van der Waals surface area contributed by atoms with E-state index < -0.39 is 16.8 Å². The molecule has 122 valence electrons. The van der Waals surface area contributed by atoms with Gasteiger partial charge >= 0.3 is 0 Å². The van der Waals surface area contributed by atoms with Crippen LogP contribution in [0, 0.1) is 6.92 Å². The van der Waals surface area contributed by atoms with Crippen LogP contribution in [0.3, 0.4) is 0 Å². The van der Waals surface area contributed by atoms with Gasteiger partial charge in [0.2, 0.25) is 5.91 Å². The summed E-state index contributed by atoms with van der Waals surface area (Å²) in [6.07, 6.45) is 2.16. The maximum atomic E-state index is 12.3. The lowest BCUT2D eigenvalue weighted by Gasteiger charge is -2.15. The maximum absolute atomic E-state index is 12.3. The monoisotopic (exact) mass is 330 g/mol. The van der Waals surface area contributed by atoms with Gasteiger partial charge in [0, 0.05) is 28.5 Å². The molecule has 0 heterocycles. The highest BCUT2D eigenvalue weighted by atomic mass is 32.2. The first kappa shape index (κ1) is 17.4. The summed E-state index contributed by atoms with van der Waals surface area (Å²) in [7, 11) is -0.920. The molecule has 1 amide bonds. The first-order valence-corrected chi connectivity index (χ1v) is 9.19. The second-order valence-electron chi connectivity index (χ2n) is 5.59. The fourth-order valence-electron chi connectivity index (χ4n) is 2.38. The molecule has 0 aliphatic rings. The van der Waals surface area contributed by atoms with Crippen molar-refractivity contribution in [3.05, 3.63) is 65.2 Å². The lowest BCUT2D eigenvalue weighted by molar-refractivity contribution is -0.117.